The highest BCUT2D eigenvalue weighted by molar-refractivity contribution is 7.22. The lowest BCUT2D eigenvalue weighted by Gasteiger charge is -2.34. The predicted octanol–water partition coefficient (Wildman–Crippen LogP) is 2.65. The van der Waals surface area contributed by atoms with E-state index >= 15 is 0 Å². The second kappa shape index (κ2) is 8.67. The van der Waals surface area contributed by atoms with Crippen molar-refractivity contribution in [3.63, 3.8) is 0 Å². The third-order valence-corrected chi connectivity index (χ3v) is 5.92. The van der Waals surface area contributed by atoms with Crippen LogP contribution in [0.25, 0.3) is 10.2 Å². The van der Waals surface area contributed by atoms with Gasteiger partial charge in [-0.15, -0.1) is 0 Å². The second-order valence-corrected chi connectivity index (χ2v) is 8.12. The van der Waals surface area contributed by atoms with E-state index in [9.17, 15) is 9.59 Å². The van der Waals surface area contributed by atoms with Crippen molar-refractivity contribution in [3.05, 3.63) is 53.9 Å². The molecule has 1 aromatic carbocycles. The van der Waals surface area contributed by atoms with Crippen LogP contribution >= 0.6 is 11.3 Å². The highest BCUT2D eigenvalue weighted by Gasteiger charge is 2.22. The van der Waals surface area contributed by atoms with Crippen molar-refractivity contribution in [2.75, 3.05) is 38.0 Å². The topological polar surface area (TPSA) is 78.4 Å². The Kier molecular flexibility index (Phi) is 5.82. The molecule has 0 aliphatic carbocycles. The molecule has 29 heavy (non-hydrogen) atoms. The Labute approximate surface area is 173 Å². The van der Waals surface area contributed by atoms with Gasteiger partial charge in [0.25, 0.3) is 5.91 Å². The van der Waals surface area contributed by atoms with Gasteiger partial charge in [-0.25, -0.2) is 4.98 Å². The Hall–Kier alpha value is -2.84. The van der Waals surface area contributed by atoms with E-state index in [2.05, 4.69) is 20.2 Å². The third-order valence-electron chi connectivity index (χ3n) is 4.99. The zero-order valence-electron chi connectivity index (χ0n) is 16.3. The molecule has 0 atom stereocenters. The molecule has 0 unspecified atom stereocenters. The molecular formula is C21H23N5O2S. The van der Waals surface area contributed by atoms with Crippen molar-refractivity contribution in [2.24, 2.45) is 0 Å². The van der Waals surface area contributed by atoms with Crippen LogP contribution in [0.2, 0.25) is 0 Å². The summed E-state index contributed by atoms with van der Waals surface area (Å²) in [4.78, 5) is 37.2. The van der Waals surface area contributed by atoms with E-state index in [0.29, 0.717) is 10.7 Å². The highest BCUT2D eigenvalue weighted by atomic mass is 32.1. The smallest absolute Gasteiger partial charge is 0.253 e. The number of aromatic nitrogens is 2. The molecular weight excluding hydrogens is 386 g/mol. The van der Waals surface area contributed by atoms with Gasteiger partial charge in [-0.3, -0.25) is 19.5 Å². The summed E-state index contributed by atoms with van der Waals surface area (Å²) in [6.07, 6.45) is 2.75. The third kappa shape index (κ3) is 4.78. The summed E-state index contributed by atoms with van der Waals surface area (Å²) in [5, 5.41) is 3.25. The van der Waals surface area contributed by atoms with E-state index in [0.717, 1.165) is 55.1 Å². The van der Waals surface area contributed by atoms with Crippen LogP contribution in [0.5, 0.6) is 0 Å². The fourth-order valence-corrected chi connectivity index (χ4v) is 4.39. The van der Waals surface area contributed by atoms with Gasteiger partial charge in [-0.05, 0) is 30.3 Å². The van der Waals surface area contributed by atoms with E-state index in [-0.39, 0.29) is 11.8 Å². The number of hydrogen-bond acceptors (Lipinski definition) is 6. The van der Waals surface area contributed by atoms with E-state index in [1.165, 1.54) is 18.3 Å². The minimum absolute atomic E-state index is 0.0470. The monoisotopic (exact) mass is 409 g/mol. The molecule has 1 aliphatic heterocycles. The largest absolute Gasteiger partial charge is 0.336 e. The molecule has 0 spiro atoms. The van der Waals surface area contributed by atoms with Crippen molar-refractivity contribution in [1.82, 2.24) is 19.8 Å². The molecule has 2 aromatic heterocycles. The van der Waals surface area contributed by atoms with Gasteiger partial charge >= 0.3 is 0 Å². The molecule has 0 saturated carbocycles. The fourth-order valence-electron chi connectivity index (χ4n) is 3.44. The van der Waals surface area contributed by atoms with Crippen LogP contribution < -0.4 is 5.32 Å². The van der Waals surface area contributed by atoms with Crippen LogP contribution in [0.15, 0.2) is 42.6 Å². The standard InChI is InChI=1S/C21H23N5O2S/c1-15(27)23-21-24-18-6-5-16(14-19(18)29-21)20(28)26-12-10-25(11-13-26)9-7-17-4-2-3-8-22-17/h2-6,8,14H,7,9-13H2,1H3,(H,23,24,27). The van der Waals surface area contributed by atoms with Crippen molar-refractivity contribution < 1.29 is 9.59 Å². The average Bonchev–Trinajstić information content (AvgIpc) is 3.13. The molecule has 3 heterocycles. The summed E-state index contributed by atoms with van der Waals surface area (Å²) in [5.41, 5.74) is 2.55. The van der Waals surface area contributed by atoms with Crippen LogP contribution in [0, 0.1) is 0 Å². The van der Waals surface area contributed by atoms with E-state index in [1.807, 2.05) is 47.5 Å². The molecule has 0 radical (unpaired) electrons. The highest BCUT2D eigenvalue weighted by Crippen LogP contribution is 2.27. The molecule has 3 aromatic rings. The number of rotatable bonds is 5. The van der Waals surface area contributed by atoms with Gasteiger partial charge in [0.2, 0.25) is 5.91 Å². The van der Waals surface area contributed by atoms with Gasteiger partial charge in [0.1, 0.15) is 0 Å². The van der Waals surface area contributed by atoms with E-state index in [1.54, 1.807) is 0 Å². The minimum Gasteiger partial charge on any atom is -0.336 e. The molecule has 150 valence electrons. The zero-order chi connectivity index (χ0) is 20.2. The number of pyridine rings is 1. The number of thiazole rings is 1. The normalized spacial score (nSPS) is 14.9. The Morgan fingerprint density at radius 3 is 2.69 bits per heavy atom. The lowest BCUT2D eigenvalue weighted by atomic mass is 10.1. The first kappa shape index (κ1) is 19.5. The predicted molar refractivity (Wildman–Crippen MR) is 114 cm³/mol. The molecule has 1 N–H and O–H groups in total. The Morgan fingerprint density at radius 1 is 1.14 bits per heavy atom. The second-order valence-electron chi connectivity index (χ2n) is 7.09. The van der Waals surface area contributed by atoms with E-state index < -0.39 is 0 Å². The summed E-state index contributed by atoms with van der Waals surface area (Å²) >= 11 is 1.38. The van der Waals surface area contributed by atoms with Gasteiger partial charge in [-0.1, -0.05) is 17.4 Å². The summed E-state index contributed by atoms with van der Waals surface area (Å²) in [6, 6.07) is 11.5. The van der Waals surface area contributed by atoms with Crippen LogP contribution in [0.1, 0.15) is 23.0 Å². The average molecular weight is 410 g/mol. The zero-order valence-corrected chi connectivity index (χ0v) is 17.1. The number of hydrogen-bond donors (Lipinski definition) is 1. The maximum absolute atomic E-state index is 12.9. The lowest BCUT2D eigenvalue weighted by Crippen LogP contribution is -2.49. The van der Waals surface area contributed by atoms with Crippen molar-refractivity contribution in [1.29, 1.82) is 0 Å². The molecule has 7 nitrogen and oxygen atoms in total. The maximum Gasteiger partial charge on any atom is 0.253 e. The minimum atomic E-state index is -0.152. The maximum atomic E-state index is 12.9. The molecule has 1 saturated heterocycles. The number of piperazine rings is 1. The summed E-state index contributed by atoms with van der Waals surface area (Å²) in [5.74, 6) is -0.105. The Morgan fingerprint density at radius 2 is 1.97 bits per heavy atom. The lowest BCUT2D eigenvalue weighted by molar-refractivity contribution is -0.114. The van der Waals surface area contributed by atoms with E-state index in [4.69, 9.17) is 0 Å². The number of nitrogens with zero attached hydrogens (tertiary/aromatic N) is 4. The van der Waals surface area contributed by atoms with Crippen molar-refractivity contribution in [2.45, 2.75) is 13.3 Å². The number of amides is 2. The van der Waals surface area contributed by atoms with Crippen molar-refractivity contribution in [3.8, 4) is 0 Å². The Balaban J connectivity index is 1.34. The number of benzene rings is 1. The van der Waals surface area contributed by atoms with Gasteiger partial charge < -0.3 is 10.2 Å². The number of nitrogens with one attached hydrogen (secondary N) is 1. The van der Waals surface area contributed by atoms with Gasteiger partial charge in [0.05, 0.1) is 10.2 Å². The summed E-state index contributed by atoms with van der Waals surface area (Å²) < 4.78 is 0.897. The summed E-state index contributed by atoms with van der Waals surface area (Å²) in [7, 11) is 0. The fraction of sp³-hybridized carbons (Fsp3) is 0.333. The van der Waals surface area contributed by atoms with Gasteiger partial charge in [-0.2, -0.15) is 0 Å². The first-order chi connectivity index (χ1) is 14.1. The number of carbonyl (C=O) groups excluding carboxylic acids is 2. The quantitative estimate of drug-likeness (QED) is 0.701. The van der Waals surface area contributed by atoms with Crippen LogP contribution in [0.4, 0.5) is 5.13 Å². The number of fused-ring (bicyclic) bond motifs is 1. The van der Waals surface area contributed by atoms with Gasteiger partial charge in [0.15, 0.2) is 5.13 Å². The molecule has 0 bridgehead atoms. The summed E-state index contributed by atoms with van der Waals surface area (Å²) in [6.45, 7) is 5.59. The van der Waals surface area contributed by atoms with Crippen LogP contribution in [0.3, 0.4) is 0 Å². The SMILES string of the molecule is CC(=O)Nc1nc2ccc(C(=O)N3CCN(CCc4ccccn4)CC3)cc2s1. The first-order valence-electron chi connectivity index (χ1n) is 9.68. The van der Waals surface area contributed by atoms with Crippen LogP contribution in [-0.2, 0) is 11.2 Å². The first-order valence-corrected chi connectivity index (χ1v) is 10.5. The molecule has 1 aliphatic rings. The Bertz CT molecular complexity index is 1010. The molecule has 8 heteroatoms. The van der Waals surface area contributed by atoms with Crippen molar-refractivity contribution >= 4 is 38.5 Å². The van der Waals surface area contributed by atoms with Gasteiger partial charge in [0, 0.05) is 63.5 Å². The number of carbonyl (C=O) groups is 2. The molecule has 4 rings (SSSR count). The molecule has 2 amide bonds. The number of anilines is 1. The van der Waals surface area contributed by atoms with Crippen LogP contribution in [-0.4, -0.2) is 64.3 Å². The molecule has 1 fully saturated rings.